The van der Waals surface area contributed by atoms with Gasteiger partial charge in [-0.1, -0.05) is 34.5 Å². The van der Waals surface area contributed by atoms with Crippen molar-refractivity contribution < 1.29 is 0 Å². The second-order valence-electron chi connectivity index (χ2n) is 4.81. The molecule has 1 aromatic rings. The fourth-order valence-corrected chi connectivity index (χ4v) is 3.07. The molecule has 1 heterocycles. The molecule has 0 amide bonds. The van der Waals surface area contributed by atoms with Gasteiger partial charge in [-0.3, -0.25) is 4.90 Å². The fourth-order valence-electron chi connectivity index (χ4n) is 2.65. The number of likely N-dealkylation sites (tertiary alicyclic amines) is 1. The zero-order valence-corrected chi connectivity index (χ0v) is 11.7. The van der Waals surface area contributed by atoms with Gasteiger partial charge in [-0.2, -0.15) is 0 Å². The van der Waals surface area contributed by atoms with Crippen LogP contribution in [0, 0.1) is 0 Å². The molecule has 1 aliphatic heterocycles. The third-order valence-corrected chi connectivity index (χ3v) is 4.18. The van der Waals surface area contributed by atoms with Crippen LogP contribution in [-0.2, 0) is 0 Å². The maximum atomic E-state index is 3.55. The van der Waals surface area contributed by atoms with E-state index in [2.05, 4.69) is 58.9 Å². The van der Waals surface area contributed by atoms with Crippen molar-refractivity contribution in [2.24, 2.45) is 0 Å². The molecule has 1 aliphatic rings. The Kier molecular flexibility index (Phi) is 4.04. The van der Waals surface area contributed by atoms with Crippen LogP contribution in [0.3, 0.4) is 0 Å². The smallest absolute Gasteiger partial charge is 0.0323 e. The van der Waals surface area contributed by atoms with Crippen molar-refractivity contribution in [3.8, 4) is 0 Å². The van der Waals surface area contributed by atoms with E-state index in [9.17, 15) is 0 Å². The molecule has 0 spiro atoms. The summed E-state index contributed by atoms with van der Waals surface area (Å²) in [6, 6.07) is 9.96. The molecule has 0 aliphatic carbocycles. The van der Waals surface area contributed by atoms with Crippen LogP contribution in [0.25, 0.3) is 0 Å². The lowest BCUT2D eigenvalue weighted by Gasteiger charge is -2.38. The van der Waals surface area contributed by atoms with Gasteiger partial charge < -0.3 is 0 Å². The van der Waals surface area contributed by atoms with Crippen molar-refractivity contribution in [1.82, 2.24) is 4.90 Å². The van der Waals surface area contributed by atoms with E-state index in [1.807, 2.05) is 0 Å². The van der Waals surface area contributed by atoms with Crippen molar-refractivity contribution in [3.63, 3.8) is 0 Å². The Balaban J connectivity index is 2.14. The van der Waals surface area contributed by atoms with Crippen LogP contribution < -0.4 is 0 Å². The Morgan fingerprint density at radius 1 is 1.38 bits per heavy atom. The average Bonchev–Trinajstić information content (AvgIpc) is 2.29. The van der Waals surface area contributed by atoms with Crippen molar-refractivity contribution in [1.29, 1.82) is 0 Å². The van der Waals surface area contributed by atoms with E-state index >= 15 is 0 Å². The van der Waals surface area contributed by atoms with E-state index in [0.29, 0.717) is 6.04 Å². The normalized spacial score (nSPS) is 24.3. The van der Waals surface area contributed by atoms with Gasteiger partial charge in [0.25, 0.3) is 0 Å². The number of halogens is 1. The first kappa shape index (κ1) is 12.1. The van der Waals surface area contributed by atoms with Crippen LogP contribution in [0.4, 0.5) is 0 Å². The third-order valence-electron chi connectivity index (χ3n) is 3.68. The summed E-state index contributed by atoms with van der Waals surface area (Å²) >= 11 is 3.55. The van der Waals surface area contributed by atoms with Gasteiger partial charge in [0.1, 0.15) is 0 Å². The van der Waals surface area contributed by atoms with E-state index in [1.54, 1.807) is 0 Å². The lowest BCUT2D eigenvalue weighted by Crippen LogP contribution is -2.39. The zero-order valence-electron chi connectivity index (χ0n) is 10.1. The molecule has 0 radical (unpaired) electrons. The molecule has 2 unspecified atom stereocenters. The van der Waals surface area contributed by atoms with Crippen molar-refractivity contribution in [2.45, 2.75) is 45.2 Å². The first-order valence-corrected chi connectivity index (χ1v) is 6.99. The first-order chi connectivity index (χ1) is 7.68. The summed E-state index contributed by atoms with van der Waals surface area (Å²) in [7, 11) is 0. The summed E-state index contributed by atoms with van der Waals surface area (Å²) in [5.74, 6) is 0. The molecule has 0 aromatic heterocycles. The van der Waals surface area contributed by atoms with Crippen LogP contribution in [0.5, 0.6) is 0 Å². The van der Waals surface area contributed by atoms with E-state index < -0.39 is 0 Å². The Bertz CT molecular complexity index is 350. The predicted molar refractivity (Wildman–Crippen MR) is 72.6 cm³/mol. The standard InChI is InChI=1S/C14H20BrN/c1-11-6-3-4-9-16(11)12(2)13-7-5-8-14(15)10-13/h5,7-8,10-12H,3-4,6,9H2,1-2H3. The van der Waals surface area contributed by atoms with Crippen LogP contribution in [0.15, 0.2) is 28.7 Å². The minimum Gasteiger partial charge on any atom is -0.294 e. The van der Waals surface area contributed by atoms with Crippen LogP contribution in [0.1, 0.15) is 44.7 Å². The SMILES string of the molecule is CC1CCCCN1C(C)c1cccc(Br)c1. The van der Waals surface area contributed by atoms with Gasteiger partial charge in [0.15, 0.2) is 0 Å². The van der Waals surface area contributed by atoms with Gasteiger partial charge in [-0.15, -0.1) is 0 Å². The molecule has 2 heteroatoms. The molecule has 1 fully saturated rings. The maximum Gasteiger partial charge on any atom is 0.0323 e. The van der Waals surface area contributed by atoms with Crippen LogP contribution in [0.2, 0.25) is 0 Å². The molecule has 16 heavy (non-hydrogen) atoms. The molecular weight excluding hydrogens is 262 g/mol. The monoisotopic (exact) mass is 281 g/mol. The average molecular weight is 282 g/mol. The number of piperidine rings is 1. The molecule has 0 N–H and O–H groups in total. The minimum atomic E-state index is 0.535. The highest BCUT2D eigenvalue weighted by atomic mass is 79.9. The van der Waals surface area contributed by atoms with Gasteiger partial charge in [0, 0.05) is 16.6 Å². The zero-order chi connectivity index (χ0) is 11.5. The highest BCUT2D eigenvalue weighted by molar-refractivity contribution is 9.10. The number of nitrogens with zero attached hydrogens (tertiary/aromatic N) is 1. The van der Waals surface area contributed by atoms with E-state index in [-0.39, 0.29) is 0 Å². The lowest BCUT2D eigenvalue weighted by atomic mass is 9.98. The molecule has 1 nitrogen and oxygen atoms in total. The summed E-state index contributed by atoms with van der Waals surface area (Å²) in [5.41, 5.74) is 1.42. The van der Waals surface area contributed by atoms with E-state index in [4.69, 9.17) is 0 Å². The summed E-state index contributed by atoms with van der Waals surface area (Å²) in [4.78, 5) is 2.63. The number of hydrogen-bond acceptors (Lipinski definition) is 1. The van der Waals surface area contributed by atoms with Gasteiger partial charge >= 0.3 is 0 Å². The summed E-state index contributed by atoms with van der Waals surface area (Å²) < 4.78 is 1.18. The fraction of sp³-hybridized carbons (Fsp3) is 0.571. The van der Waals surface area contributed by atoms with Crippen molar-refractivity contribution in [2.75, 3.05) is 6.54 Å². The molecule has 2 rings (SSSR count). The van der Waals surface area contributed by atoms with Crippen LogP contribution >= 0.6 is 15.9 Å². The molecule has 0 bridgehead atoms. The second kappa shape index (κ2) is 5.33. The highest BCUT2D eigenvalue weighted by Crippen LogP contribution is 2.29. The quantitative estimate of drug-likeness (QED) is 0.778. The topological polar surface area (TPSA) is 3.24 Å². The molecule has 2 atom stereocenters. The third kappa shape index (κ3) is 2.67. The number of benzene rings is 1. The van der Waals surface area contributed by atoms with Gasteiger partial charge in [0.2, 0.25) is 0 Å². The Morgan fingerprint density at radius 2 is 2.19 bits per heavy atom. The molecule has 88 valence electrons. The first-order valence-electron chi connectivity index (χ1n) is 6.19. The molecule has 1 saturated heterocycles. The predicted octanol–water partition coefficient (Wildman–Crippen LogP) is 4.38. The van der Waals surface area contributed by atoms with E-state index in [1.165, 1.54) is 35.8 Å². The maximum absolute atomic E-state index is 3.55. The molecular formula is C14H20BrN. The van der Waals surface area contributed by atoms with Gasteiger partial charge in [-0.25, -0.2) is 0 Å². The number of rotatable bonds is 2. The number of hydrogen-bond donors (Lipinski definition) is 0. The van der Waals surface area contributed by atoms with E-state index in [0.717, 1.165) is 6.04 Å². The summed E-state index contributed by atoms with van der Waals surface area (Å²) in [6.07, 6.45) is 4.09. The lowest BCUT2D eigenvalue weighted by molar-refractivity contribution is 0.114. The van der Waals surface area contributed by atoms with Crippen LogP contribution in [-0.4, -0.2) is 17.5 Å². The largest absolute Gasteiger partial charge is 0.294 e. The molecule has 1 aromatic carbocycles. The second-order valence-corrected chi connectivity index (χ2v) is 5.73. The van der Waals surface area contributed by atoms with Crippen molar-refractivity contribution in [3.05, 3.63) is 34.3 Å². The Hall–Kier alpha value is -0.340. The van der Waals surface area contributed by atoms with Crippen molar-refractivity contribution >= 4 is 15.9 Å². The Labute approximate surface area is 107 Å². The van der Waals surface area contributed by atoms with Gasteiger partial charge in [-0.05, 0) is 50.9 Å². The minimum absolute atomic E-state index is 0.535. The van der Waals surface area contributed by atoms with Gasteiger partial charge in [0.05, 0.1) is 0 Å². The Morgan fingerprint density at radius 3 is 2.88 bits per heavy atom. The summed E-state index contributed by atoms with van der Waals surface area (Å²) in [6.45, 7) is 5.92. The molecule has 0 saturated carbocycles. The summed E-state index contributed by atoms with van der Waals surface area (Å²) in [5, 5.41) is 0. The highest BCUT2D eigenvalue weighted by Gasteiger charge is 2.23.